The molecular weight excluding hydrogens is 246 g/mol. The van der Waals surface area contributed by atoms with Crippen LogP contribution in [-0.4, -0.2) is 26.2 Å². The van der Waals surface area contributed by atoms with Gasteiger partial charge in [-0.1, -0.05) is 30.3 Å². The molecule has 0 aliphatic carbocycles. The quantitative estimate of drug-likeness (QED) is 0.840. The highest BCUT2D eigenvalue weighted by Gasteiger charge is 2.13. The molecule has 3 nitrogen and oxygen atoms in total. The summed E-state index contributed by atoms with van der Waals surface area (Å²) in [5.74, 6) is -0.0408. The first-order valence-corrected chi connectivity index (χ1v) is 6.61. The molecule has 0 unspecified atom stereocenters. The van der Waals surface area contributed by atoms with Crippen LogP contribution in [0.25, 0.3) is 11.1 Å². The zero-order valence-corrected chi connectivity index (χ0v) is 11.0. The summed E-state index contributed by atoms with van der Waals surface area (Å²) >= 11 is 1.46. The van der Waals surface area contributed by atoms with Gasteiger partial charge in [0.15, 0.2) is 0 Å². The van der Waals surface area contributed by atoms with Crippen molar-refractivity contribution in [2.45, 2.75) is 0 Å². The van der Waals surface area contributed by atoms with Crippen molar-refractivity contribution in [3.8, 4) is 11.1 Å². The van der Waals surface area contributed by atoms with Gasteiger partial charge in [0, 0.05) is 19.2 Å². The highest BCUT2D eigenvalue weighted by Crippen LogP contribution is 2.27. The van der Waals surface area contributed by atoms with Crippen LogP contribution in [0.1, 0.15) is 9.67 Å². The number of hydrogen-bond donors (Lipinski definition) is 1. The molecule has 94 valence electrons. The molecule has 1 aromatic heterocycles. The molecule has 0 saturated heterocycles. The smallest absolute Gasteiger partial charge is 0.262 e. The maximum Gasteiger partial charge on any atom is 0.262 e. The van der Waals surface area contributed by atoms with Crippen molar-refractivity contribution >= 4 is 17.2 Å². The summed E-state index contributed by atoms with van der Waals surface area (Å²) in [4.78, 5) is 12.8. The summed E-state index contributed by atoms with van der Waals surface area (Å²) in [6.45, 7) is 1.05. The second kappa shape index (κ2) is 6.33. The number of ether oxygens (including phenoxy) is 1. The van der Waals surface area contributed by atoms with Gasteiger partial charge in [0.05, 0.1) is 11.5 Å². The fourth-order valence-corrected chi connectivity index (χ4v) is 2.51. The summed E-state index contributed by atoms with van der Waals surface area (Å²) in [6, 6.07) is 11.9. The number of amides is 1. The number of rotatable bonds is 5. The van der Waals surface area contributed by atoms with Crippen molar-refractivity contribution in [1.82, 2.24) is 5.32 Å². The van der Waals surface area contributed by atoms with Crippen LogP contribution in [0, 0.1) is 0 Å². The summed E-state index contributed by atoms with van der Waals surface area (Å²) in [5, 5.41) is 4.78. The van der Waals surface area contributed by atoms with E-state index in [1.807, 2.05) is 41.8 Å². The van der Waals surface area contributed by atoms with Crippen LogP contribution >= 0.6 is 11.3 Å². The zero-order chi connectivity index (χ0) is 12.8. The molecule has 1 aromatic carbocycles. The summed E-state index contributed by atoms with van der Waals surface area (Å²) in [5.41, 5.74) is 2.05. The lowest BCUT2D eigenvalue weighted by Crippen LogP contribution is -2.26. The molecule has 1 N–H and O–H groups in total. The van der Waals surface area contributed by atoms with Gasteiger partial charge in [0.2, 0.25) is 0 Å². The first-order chi connectivity index (χ1) is 8.83. The van der Waals surface area contributed by atoms with E-state index in [0.717, 1.165) is 16.0 Å². The van der Waals surface area contributed by atoms with Crippen molar-refractivity contribution in [2.75, 3.05) is 20.3 Å². The Morgan fingerprint density at radius 2 is 2.06 bits per heavy atom. The van der Waals surface area contributed by atoms with E-state index in [9.17, 15) is 4.79 Å². The molecule has 18 heavy (non-hydrogen) atoms. The molecule has 0 bridgehead atoms. The van der Waals surface area contributed by atoms with Crippen molar-refractivity contribution < 1.29 is 9.53 Å². The number of nitrogens with one attached hydrogen (secondary N) is 1. The zero-order valence-electron chi connectivity index (χ0n) is 10.2. The van der Waals surface area contributed by atoms with Gasteiger partial charge in [-0.05, 0) is 17.0 Å². The lowest BCUT2D eigenvalue weighted by Gasteiger charge is -2.05. The second-order valence-corrected chi connectivity index (χ2v) is 4.69. The van der Waals surface area contributed by atoms with Crippen molar-refractivity contribution in [3.05, 3.63) is 46.7 Å². The highest BCUT2D eigenvalue weighted by molar-refractivity contribution is 7.12. The Hall–Kier alpha value is -1.65. The molecule has 1 amide bonds. The Kier molecular flexibility index (Phi) is 4.50. The molecule has 0 fully saturated rings. The van der Waals surface area contributed by atoms with Crippen LogP contribution < -0.4 is 5.32 Å². The summed E-state index contributed by atoms with van der Waals surface area (Å²) < 4.78 is 4.91. The lowest BCUT2D eigenvalue weighted by molar-refractivity contribution is 0.0941. The van der Waals surface area contributed by atoms with Crippen LogP contribution in [0.3, 0.4) is 0 Å². The minimum absolute atomic E-state index is 0.0408. The van der Waals surface area contributed by atoms with E-state index in [4.69, 9.17) is 4.74 Å². The maximum atomic E-state index is 12.0. The Bertz CT molecular complexity index is 508. The second-order valence-electron chi connectivity index (χ2n) is 3.78. The Labute approximate surface area is 110 Å². The number of methoxy groups -OCH3 is 1. The molecule has 0 atom stereocenters. The van der Waals surface area contributed by atoms with Gasteiger partial charge in [-0.3, -0.25) is 4.79 Å². The minimum Gasteiger partial charge on any atom is -0.383 e. The topological polar surface area (TPSA) is 38.3 Å². The fourth-order valence-electron chi connectivity index (χ4n) is 1.68. The van der Waals surface area contributed by atoms with Crippen LogP contribution in [0.2, 0.25) is 0 Å². The monoisotopic (exact) mass is 261 g/mol. The van der Waals surface area contributed by atoms with E-state index in [-0.39, 0.29) is 5.91 Å². The molecule has 0 radical (unpaired) electrons. The Morgan fingerprint density at radius 3 is 2.78 bits per heavy atom. The molecule has 2 aromatic rings. The van der Waals surface area contributed by atoms with Gasteiger partial charge in [-0.25, -0.2) is 0 Å². The molecular formula is C14H15NO2S. The third kappa shape index (κ3) is 2.97. The first kappa shape index (κ1) is 12.8. The third-order valence-corrected chi connectivity index (χ3v) is 3.46. The molecule has 1 heterocycles. The number of hydrogen-bond acceptors (Lipinski definition) is 3. The molecule has 0 saturated carbocycles. The van der Waals surface area contributed by atoms with Gasteiger partial charge < -0.3 is 10.1 Å². The highest BCUT2D eigenvalue weighted by atomic mass is 32.1. The van der Waals surface area contributed by atoms with Gasteiger partial charge in [0.25, 0.3) is 5.91 Å². The van der Waals surface area contributed by atoms with Crippen LogP contribution in [0.5, 0.6) is 0 Å². The normalized spacial score (nSPS) is 10.3. The van der Waals surface area contributed by atoms with Crippen LogP contribution in [0.15, 0.2) is 41.8 Å². The Balaban J connectivity index is 2.15. The SMILES string of the molecule is COCCNC(=O)c1sccc1-c1ccccc1. The van der Waals surface area contributed by atoms with Gasteiger partial charge in [-0.15, -0.1) is 11.3 Å². The van der Waals surface area contributed by atoms with Crippen LogP contribution in [0.4, 0.5) is 0 Å². The van der Waals surface area contributed by atoms with Gasteiger partial charge >= 0.3 is 0 Å². The van der Waals surface area contributed by atoms with Crippen molar-refractivity contribution in [2.24, 2.45) is 0 Å². The van der Waals surface area contributed by atoms with Crippen molar-refractivity contribution in [1.29, 1.82) is 0 Å². The number of thiophene rings is 1. The predicted octanol–water partition coefficient (Wildman–Crippen LogP) is 2.79. The third-order valence-electron chi connectivity index (χ3n) is 2.55. The van der Waals surface area contributed by atoms with E-state index in [1.54, 1.807) is 7.11 Å². The molecule has 0 aliphatic heterocycles. The summed E-state index contributed by atoms with van der Waals surface area (Å²) in [6.07, 6.45) is 0. The maximum absolute atomic E-state index is 12.0. The molecule has 2 rings (SSSR count). The standard InChI is InChI=1S/C14H15NO2S/c1-17-9-8-15-14(16)13-12(7-10-18-13)11-5-3-2-4-6-11/h2-7,10H,8-9H2,1H3,(H,15,16). The fraction of sp³-hybridized carbons (Fsp3) is 0.214. The van der Waals surface area contributed by atoms with E-state index < -0.39 is 0 Å². The predicted molar refractivity (Wildman–Crippen MR) is 74.0 cm³/mol. The summed E-state index contributed by atoms with van der Waals surface area (Å²) in [7, 11) is 1.62. The lowest BCUT2D eigenvalue weighted by atomic mass is 10.1. The number of carbonyl (C=O) groups is 1. The van der Waals surface area contributed by atoms with E-state index in [0.29, 0.717) is 13.2 Å². The van der Waals surface area contributed by atoms with E-state index in [2.05, 4.69) is 5.32 Å². The van der Waals surface area contributed by atoms with Crippen molar-refractivity contribution in [3.63, 3.8) is 0 Å². The average Bonchev–Trinajstić information content (AvgIpc) is 2.89. The van der Waals surface area contributed by atoms with Gasteiger partial charge in [0.1, 0.15) is 0 Å². The molecule has 4 heteroatoms. The Morgan fingerprint density at radius 1 is 1.28 bits per heavy atom. The van der Waals surface area contributed by atoms with Gasteiger partial charge in [-0.2, -0.15) is 0 Å². The average molecular weight is 261 g/mol. The van der Waals surface area contributed by atoms with E-state index in [1.165, 1.54) is 11.3 Å². The molecule has 0 spiro atoms. The molecule has 0 aliphatic rings. The van der Waals surface area contributed by atoms with E-state index >= 15 is 0 Å². The minimum atomic E-state index is -0.0408. The number of carbonyl (C=O) groups excluding carboxylic acids is 1. The number of benzene rings is 1. The van der Waals surface area contributed by atoms with Crippen LogP contribution in [-0.2, 0) is 4.74 Å². The largest absolute Gasteiger partial charge is 0.383 e. The first-order valence-electron chi connectivity index (χ1n) is 5.73.